The highest BCUT2D eigenvalue weighted by Crippen LogP contribution is 2.45. The van der Waals surface area contributed by atoms with E-state index in [4.69, 9.17) is 36.5 Å². The molecule has 3 aromatic carbocycles. The number of benzene rings is 3. The van der Waals surface area contributed by atoms with Crippen LogP contribution in [0.4, 0.5) is 10.2 Å². The van der Waals surface area contributed by atoms with E-state index in [0.717, 1.165) is 11.3 Å². The van der Waals surface area contributed by atoms with Gasteiger partial charge in [0, 0.05) is 29.4 Å². The topological polar surface area (TPSA) is 83.9 Å². The van der Waals surface area contributed by atoms with E-state index in [1.54, 1.807) is 50.7 Å². The lowest BCUT2D eigenvalue weighted by molar-refractivity contribution is 0.335. The normalized spacial score (nSPS) is 11.9. The Kier molecular flexibility index (Phi) is 7.30. The minimum atomic E-state index is -0.554. The van der Waals surface area contributed by atoms with Crippen molar-refractivity contribution >= 4 is 22.9 Å². The molecular formula is C30H28ClFN4O3. The van der Waals surface area contributed by atoms with Gasteiger partial charge < -0.3 is 19.9 Å². The molecule has 200 valence electrons. The van der Waals surface area contributed by atoms with Gasteiger partial charge in [-0.15, -0.1) is 0 Å². The number of fused-ring (bicyclic) bond motifs is 1. The van der Waals surface area contributed by atoms with Gasteiger partial charge in [-0.1, -0.05) is 30.7 Å². The van der Waals surface area contributed by atoms with Crippen molar-refractivity contribution in [1.82, 2.24) is 14.4 Å². The van der Waals surface area contributed by atoms with E-state index >= 15 is 4.39 Å². The van der Waals surface area contributed by atoms with Crippen LogP contribution in [0.5, 0.6) is 17.2 Å². The van der Waals surface area contributed by atoms with Gasteiger partial charge in [-0.05, 0) is 55.0 Å². The molecule has 2 aromatic heterocycles. The van der Waals surface area contributed by atoms with Crippen LogP contribution in [0.3, 0.4) is 0 Å². The first kappa shape index (κ1) is 26.3. The minimum absolute atomic E-state index is 0.0106. The Balaban J connectivity index is 1.72. The van der Waals surface area contributed by atoms with Gasteiger partial charge in [0.2, 0.25) is 0 Å². The van der Waals surface area contributed by atoms with Crippen molar-refractivity contribution in [2.24, 2.45) is 0 Å². The molecule has 0 saturated carbocycles. The maximum atomic E-state index is 15.6. The maximum absolute atomic E-state index is 15.6. The number of nitrogens with two attached hydrogens (primary N) is 1. The number of nitrogen functional groups attached to an aromatic ring is 1. The Morgan fingerprint density at radius 2 is 1.62 bits per heavy atom. The highest BCUT2D eigenvalue weighted by molar-refractivity contribution is 6.31. The molecule has 0 radical (unpaired) electrons. The molecule has 9 heteroatoms. The lowest BCUT2D eigenvalue weighted by Crippen LogP contribution is -2.08. The first-order valence-corrected chi connectivity index (χ1v) is 12.8. The van der Waals surface area contributed by atoms with Gasteiger partial charge in [-0.3, -0.25) is 4.40 Å². The predicted octanol–water partition coefficient (Wildman–Crippen LogP) is 7.01. The van der Waals surface area contributed by atoms with Crippen molar-refractivity contribution < 1.29 is 18.6 Å². The van der Waals surface area contributed by atoms with Gasteiger partial charge >= 0.3 is 0 Å². The second-order valence-electron chi connectivity index (χ2n) is 8.93. The molecule has 0 aliphatic heterocycles. The summed E-state index contributed by atoms with van der Waals surface area (Å²) in [5.41, 5.74) is 10.1. The summed E-state index contributed by atoms with van der Waals surface area (Å²) in [7, 11) is 3.20. The summed E-state index contributed by atoms with van der Waals surface area (Å²) >= 11 is 6.48. The predicted molar refractivity (Wildman–Crippen MR) is 151 cm³/mol. The number of ether oxygens (including phenoxy) is 3. The largest absolute Gasteiger partial charge is 0.497 e. The summed E-state index contributed by atoms with van der Waals surface area (Å²) in [6.07, 6.45) is 3.44. The Morgan fingerprint density at radius 1 is 1.00 bits per heavy atom. The molecule has 0 spiro atoms. The molecule has 0 aliphatic rings. The molecule has 0 bridgehead atoms. The fourth-order valence-corrected chi connectivity index (χ4v) is 4.96. The molecular weight excluding hydrogens is 519 g/mol. The summed E-state index contributed by atoms with van der Waals surface area (Å²) < 4.78 is 34.2. The van der Waals surface area contributed by atoms with Gasteiger partial charge in [0.25, 0.3) is 0 Å². The number of anilines is 1. The standard InChI is InChI=1S/C30H28ClFN4O3/c1-5-39-28-22(16-23(31)25(32)24(28)18-6-10-20(37-3)11-7-18)17(2)30-35-26(19-8-12-21(38-4)13-9-19)27-29(33)34-14-15-36(27)30/h6-17H,5H2,1-4H3,(H2,33,34). The number of hydrogen-bond acceptors (Lipinski definition) is 6. The molecule has 2 N–H and O–H groups in total. The third-order valence-corrected chi connectivity index (χ3v) is 6.97. The number of methoxy groups -OCH3 is 2. The number of hydrogen-bond donors (Lipinski definition) is 1. The fourth-order valence-electron chi connectivity index (χ4n) is 4.75. The van der Waals surface area contributed by atoms with E-state index in [0.29, 0.717) is 52.1 Å². The average Bonchev–Trinajstić information content (AvgIpc) is 3.36. The zero-order valence-corrected chi connectivity index (χ0v) is 22.8. The second kappa shape index (κ2) is 10.8. The molecule has 39 heavy (non-hydrogen) atoms. The molecule has 7 nitrogen and oxygen atoms in total. The van der Waals surface area contributed by atoms with E-state index in [1.165, 1.54) is 0 Å². The smallest absolute Gasteiger partial charge is 0.153 e. The number of nitrogens with zero attached hydrogens (tertiary/aromatic N) is 3. The van der Waals surface area contributed by atoms with E-state index in [2.05, 4.69) is 4.98 Å². The highest BCUT2D eigenvalue weighted by atomic mass is 35.5. The molecule has 0 aliphatic carbocycles. The maximum Gasteiger partial charge on any atom is 0.153 e. The number of imidazole rings is 1. The zero-order valence-electron chi connectivity index (χ0n) is 22.0. The summed E-state index contributed by atoms with van der Waals surface area (Å²) in [6.45, 7) is 4.17. The molecule has 5 aromatic rings. The number of aromatic nitrogens is 3. The van der Waals surface area contributed by atoms with E-state index in [9.17, 15) is 0 Å². The van der Waals surface area contributed by atoms with Crippen molar-refractivity contribution in [3.8, 4) is 39.6 Å². The van der Waals surface area contributed by atoms with Crippen molar-refractivity contribution in [3.05, 3.63) is 89.2 Å². The first-order chi connectivity index (χ1) is 18.9. The van der Waals surface area contributed by atoms with Crippen LogP contribution in [0, 0.1) is 5.82 Å². The summed E-state index contributed by atoms with van der Waals surface area (Å²) in [6, 6.07) is 16.3. The molecule has 0 fully saturated rings. The van der Waals surface area contributed by atoms with Gasteiger partial charge in [0.15, 0.2) is 5.82 Å². The van der Waals surface area contributed by atoms with E-state index < -0.39 is 5.82 Å². The van der Waals surface area contributed by atoms with E-state index in [1.807, 2.05) is 48.7 Å². The van der Waals surface area contributed by atoms with Crippen molar-refractivity contribution in [1.29, 1.82) is 0 Å². The molecule has 1 unspecified atom stereocenters. The minimum Gasteiger partial charge on any atom is -0.497 e. The molecule has 1 atom stereocenters. The van der Waals surface area contributed by atoms with Crippen molar-refractivity contribution in [2.45, 2.75) is 19.8 Å². The molecule has 0 saturated heterocycles. The fraction of sp³-hybridized carbons (Fsp3) is 0.200. The lowest BCUT2D eigenvalue weighted by atomic mass is 9.93. The SMILES string of the molecule is CCOc1c(C(C)c2nc(-c3ccc(OC)cc3)c3c(N)nccn23)cc(Cl)c(F)c1-c1ccc(OC)cc1. The Hall–Kier alpha value is -4.30. The molecule has 2 heterocycles. The molecule has 5 rings (SSSR count). The van der Waals surface area contributed by atoms with Crippen LogP contribution >= 0.6 is 11.6 Å². The van der Waals surface area contributed by atoms with Gasteiger partial charge in [0.05, 0.1) is 31.4 Å². The average molecular weight is 547 g/mol. The van der Waals surface area contributed by atoms with Crippen LogP contribution < -0.4 is 19.9 Å². The monoisotopic (exact) mass is 546 g/mol. The van der Waals surface area contributed by atoms with Crippen molar-refractivity contribution in [3.63, 3.8) is 0 Å². The third-order valence-electron chi connectivity index (χ3n) is 6.70. The Labute approximate surface area is 230 Å². The third kappa shape index (κ3) is 4.72. The Morgan fingerprint density at radius 3 is 2.21 bits per heavy atom. The van der Waals surface area contributed by atoms with Crippen LogP contribution in [-0.4, -0.2) is 35.2 Å². The van der Waals surface area contributed by atoms with Gasteiger partial charge in [0.1, 0.15) is 40.1 Å². The van der Waals surface area contributed by atoms with Crippen LogP contribution in [0.1, 0.15) is 31.2 Å². The molecule has 0 amide bonds. The highest BCUT2D eigenvalue weighted by Gasteiger charge is 2.28. The van der Waals surface area contributed by atoms with Crippen LogP contribution in [0.25, 0.3) is 27.9 Å². The first-order valence-electron chi connectivity index (χ1n) is 12.4. The van der Waals surface area contributed by atoms with Gasteiger partial charge in [-0.25, -0.2) is 14.4 Å². The van der Waals surface area contributed by atoms with Crippen molar-refractivity contribution in [2.75, 3.05) is 26.6 Å². The Bertz CT molecular complexity index is 1640. The van der Waals surface area contributed by atoms with E-state index in [-0.39, 0.29) is 16.5 Å². The summed E-state index contributed by atoms with van der Waals surface area (Å²) in [4.78, 5) is 9.32. The summed E-state index contributed by atoms with van der Waals surface area (Å²) in [5.74, 6) is 1.90. The lowest BCUT2D eigenvalue weighted by Gasteiger charge is -2.21. The number of rotatable bonds is 8. The summed E-state index contributed by atoms with van der Waals surface area (Å²) in [5, 5.41) is -0.0106. The van der Waals surface area contributed by atoms with Gasteiger partial charge in [-0.2, -0.15) is 0 Å². The zero-order chi connectivity index (χ0) is 27.7. The quantitative estimate of drug-likeness (QED) is 0.225. The number of halogens is 2. The second-order valence-corrected chi connectivity index (χ2v) is 9.33. The van der Waals surface area contributed by atoms with Crippen LogP contribution in [-0.2, 0) is 0 Å². The van der Waals surface area contributed by atoms with Crippen LogP contribution in [0.2, 0.25) is 5.02 Å². The van der Waals surface area contributed by atoms with Crippen LogP contribution in [0.15, 0.2) is 67.0 Å².